The molecule has 0 spiro atoms. The zero-order chi connectivity index (χ0) is 14.4. The summed E-state index contributed by atoms with van der Waals surface area (Å²) in [6.07, 6.45) is 5.18. The molecule has 0 unspecified atom stereocenters. The van der Waals surface area contributed by atoms with Gasteiger partial charge in [-0.3, -0.25) is 0 Å². The summed E-state index contributed by atoms with van der Waals surface area (Å²) in [5.74, 6) is 0.829. The highest BCUT2D eigenvalue weighted by Crippen LogP contribution is 2.17. The van der Waals surface area contributed by atoms with E-state index in [-0.39, 0.29) is 0 Å². The van der Waals surface area contributed by atoms with Gasteiger partial charge in [-0.25, -0.2) is 9.97 Å². The third-order valence-corrected chi connectivity index (χ3v) is 3.55. The van der Waals surface area contributed by atoms with Crippen molar-refractivity contribution < 1.29 is 4.74 Å². The molecule has 2 rings (SSSR count). The zero-order valence-electron chi connectivity index (χ0n) is 12.6. The third kappa shape index (κ3) is 3.77. The Bertz CT molecular complexity index is 473. The van der Waals surface area contributed by atoms with Crippen LogP contribution in [-0.2, 0) is 11.3 Å². The van der Waals surface area contributed by atoms with Crippen molar-refractivity contribution in [2.24, 2.45) is 0 Å². The first kappa shape index (κ1) is 14.9. The average molecular weight is 276 g/mol. The summed E-state index contributed by atoms with van der Waals surface area (Å²) in [6.45, 7) is 8.50. The molecule has 0 bridgehead atoms. The first-order valence-corrected chi connectivity index (χ1v) is 7.19. The van der Waals surface area contributed by atoms with E-state index >= 15 is 0 Å². The molecule has 0 saturated carbocycles. The first-order valence-electron chi connectivity index (χ1n) is 7.19. The topological polar surface area (TPSA) is 50.3 Å². The van der Waals surface area contributed by atoms with Gasteiger partial charge in [0.25, 0.3) is 0 Å². The smallest absolute Gasteiger partial charge is 0.225 e. The molecule has 5 nitrogen and oxygen atoms in total. The van der Waals surface area contributed by atoms with Gasteiger partial charge in [-0.15, -0.1) is 0 Å². The quantitative estimate of drug-likeness (QED) is 0.801. The standard InChI is InChI=1S/C15H24N4O/c1-4-16-9-14-10-17-15(18-12(14)2)19-7-5-13(6-8-19)11-20-3/h5,10,16H,4,6-9,11H2,1-3H3. The number of nitrogens with one attached hydrogen (secondary N) is 1. The summed E-state index contributed by atoms with van der Waals surface area (Å²) < 4.78 is 5.17. The fourth-order valence-electron chi connectivity index (χ4n) is 2.27. The molecule has 0 saturated heterocycles. The number of anilines is 1. The number of nitrogens with zero attached hydrogens (tertiary/aromatic N) is 3. The van der Waals surface area contributed by atoms with E-state index < -0.39 is 0 Å². The Morgan fingerprint density at radius 1 is 1.45 bits per heavy atom. The molecular weight excluding hydrogens is 252 g/mol. The molecule has 0 aromatic carbocycles. The third-order valence-electron chi connectivity index (χ3n) is 3.55. The Labute approximate surface area is 121 Å². The predicted molar refractivity (Wildman–Crippen MR) is 80.9 cm³/mol. The van der Waals surface area contributed by atoms with Crippen LogP contribution in [0.2, 0.25) is 0 Å². The van der Waals surface area contributed by atoms with E-state index in [2.05, 4.69) is 33.2 Å². The van der Waals surface area contributed by atoms with E-state index in [0.717, 1.165) is 50.8 Å². The van der Waals surface area contributed by atoms with Gasteiger partial charge in [-0.1, -0.05) is 13.0 Å². The molecule has 0 amide bonds. The van der Waals surface area contributed by atoms with Crippen molar-refractivity contribution in [3.05, 3.63) is 29.1 Å². The summed E-state index contributed by atoms with van der Waals surface area (Å²) in [6, 6.07) is 0. The Morgan fingerprint density at radius 2 is 2.30 bits per heavy atom. The number of rotatable bonds is 6. The lowest BCUT2D eigenvalue weighted by atomic mass is 10.1. The van der Waals surface area contributed by atoms with Gasteiger partial charge in [-0.05, 0) is 25.5 Å². The monoisotopic (exact) mass is 276 g/mol. The van der Waals surface area contributed by atoms with Gasteiger partial charge in [-0.2, -0.15) is 0 Å². The second kappa shape index (κ2) is 7.36. The van der Waals surface area contributed by atoms with Gasteiger partial charge in [0.2, 0.25) is 5.95 Å². The van der Waals surface area contributed by atoms with Crippen LogP contribution in [-0.4, -0.2) is 43.3 Å². The lowest BCUT2D eigenvalue weighted by Crippen LogP contribution is -2.31. The molecule has 1 aliphatic heterocycles. The molecule has 5 heteroatoms. The highest BCUT2D eigenvalue weighted by atomic mass is 16.5. The van der Waals surface area contributed by atoms with Gasteiger partial charge in [0.1, 0.15) is 0 Å². The number of hydrogen-bond acceptors (Lipinski definition) is 5. The van der Waals surface area contributed by atoms with Crippen molar-refractivity contribution in [2.45, 2.75) is 26.8 Å². The second-order valence-electron chi connectivity index (χ2n) is 5.05. The van der Waals surface area contributed by atoms with E-state index in [1.807, 2.05) is 13.1 Å². The lowest BCUT2D eigenvalue weighted by Gasteiger charge is -2.26. The highest BCUT2D eigenvalue weighted by Gasteiger charge is 2.15. The average Bonchev–Trinajstić information content (AvgIpc) is 2.47. The van der Waals surface area contributed by atoms with Crippen LogP contribution < -0.4 is 10.2 Å². The van der Waals surface area contributed by atoms with Crippen molar-refractivity contribution in [3.63, 3.8) is 0 Å². The van der Waals surface area contributed by atoms with Gasteiger partial charge in [0.05, 0.1) is 6.61 Å². The molecule has 0 radical (unpaired) electrons. The largest absolute Gasteiger partial charge is 0.380 e. The Hall–Kier alpha value is -1.46. The van der Waals surface area contributed by atoms with Crippen molar-refractivity contribution in [3.8, 4) is 0 Å². The van der Waals surface area contributed by atoms with E-state index in [0.29, 0.717) is 0 Å². The molecule has 0 aliphatic carbocycles. The molecule has 0 atom stereocenters. The van der Waals surface area contributed by atoms with Crippen molar-refractivity contribution in [1.82, 2.24) is 15.3 Å². The van der Waals surface area contributed by atoms with E-state index in [9.17, 15) is 0 Å². The summed E-state index contributed by atoms with van der Waals surface area (Å²) >= 11 is 0. The van der Waals surface area contributed by atoms with E-state index in [1.165, 1.54) is 11.1 Å². The van der Waals surface area contributed by atoms with Crippen LogP contribution in [0, 0.1) is 6.92 Å². The van der Waals surface area contributed by atoms with Gasteiger partial charge in [0.15, 0.2) is 0 Å². The van der Waals surface area contributed by atoms with E-state index in [4.69, 9.17) is 4.74 Å². The number of aryl methyl sites for hydroxylation is 1. The number of ether oxygens (including phenoxy) is 1. The van der Waals surface area contributed by atoms with Gasteiger partial charge >= 0.3 is 0 Å². The fraction of sp³-hybridized carbons (Fsp3) is 0.600. The zero-order valence-corrected chi connectivity index (χ0v) is 12.6. The maximum atomic E-state index is 5.17. The van der Waals surface area contributed by atoms with Crippen molar-refractivity contribution >= 4 is 5.95 Å². The molecular formula is C15H24N4O. The molecule has 110 valence electrons. The minimum atomic E-state index is 0.731. The van der Waals surface area contributed by atoms with Crippen LogP contribution in [0.1, 0.15) is 24.6 Å². The summed E-state index contributed by atoms with van der Waals surface area (Å²) in [5, 5.41) is 3.31. The minimum Gasteiger partial charge on any atom is -0.380 e. The van der Waals surface area contributed by atoms with Crippen molar-refractivity contribution in [1.29, 1.82) is 0 Å². The molecule has 0 fully saturated rings. The van der Waals surface area contributed by atoms with Gasteiger partial charge in [0, 0.05) is 44.2 Å². The first-order chi connectivity index (χ1) is 9.74. The van der Waals surface area contributed by atoms with Crippen LogP contribution in [0.4, 0.5) is 5.95 Å². The fourth-order valence-corrected chi connectivity index (χ4v) is 2.27. The Kier molecular flexibility index (Phi) is 5.49. The van der Waals surface area contributed by atoms with Crippen LogP contribution in [0.15, 0.2) is 17.8 Å². The predicted octanol–water partition coefficient (Wildman–Crippen LogP) is 1.68. The second-order valence-corrected chi connectivity index (χ2v) is 5.05. The van der Waals surface area contributed by atoms with Gasteiger partial charge < -0.3 is 15.0 Å². The van der Waals surface area contributed by atoms with E-state index in [1.54, 1.807) is 7.11 Å². The summed E-state index contributed by atoms with van der Waals surface area (Å²) in [7, 11) is 1.74. The number of methoxy groups -OCH3 is 1. The summed E-state index contributed by atoms with van der Waals surface area (Å²) in [4.78, 5) is 11.3. The van der Waals surface area contributed by atoms with Crippen molar-refractivity contribution in [2.75, 3.05) is 38.3 Å². The summed E-state index contributed by atoms with van der Waals surface area (Å²) in [5.41, 5.74) is 3.59. The molecule has 1 aromatic heterocycles. The Morgan fingerprint density at radius 3 is 2.90 bits per heavy atom. The number of hydrogen-bond donors (Lipinski definition) is 1. The normalized spacial score (nSPS) is 15.3. The molecule has 20 heavy (non-hydrogen) atoms. The van der Waals surface area contributed by atoms with Crippen LogP contribution in [0.25, 0.3) is 0 Å². The number of aromatic nitrogens is 2. The lowest BCUT2D eigenvalue weighted by molar-refractivity contribution is 0.222. The minimum absolute atomic E-state index is 0.731. The highest BCUT2D eigenvalue weighted by molar-refractivity contribution is 5.36. The maximum Gasteiger partial charge on any atom is 0.225 e. The molecule has 1 N–H and O–H groups in total. The molecule has 2 heterocycles. The SMILES string of the molecule is CCNCc1cnc(N2CC=C(COC)CC2)nc1C. The van der Waals surface area contributed by atoms with Crippen LogP contribution in [0.3, 0.4) is 0 Å². The molecule has 1 aromatic rings. The maximum absolute atomic E-state index is 5.17. The van der Waals surface area contributed by atoms with Crippen LogP contribution in [0.5, 0.6) is 0 Å². The Balaban J connectivity index is 2.02. The van der Waals surface area contributed by atoms with Crippen LogP contribution >= 0.6 is 0 Å². The molecule has 1 aliphatic rings.